The Bertz CT molecular complexity index is 379. The van der Waals surface area contributed by atoms with Gasteiger partial charge in [0.2, 0.25) is 0 Å². The number of methoxy groups -OCH3 is 1. The molecule has 0 aliphatic heterocycles. The van der Waals surface area contributed by atoms with Gasteiger partial charge < -0.3 is 14.8 Å². The van der Waals surface area contributed by atoms with Gasteiger partial charge >= 0.3 is 0 Å². The first-order chi connectivity index (χ1) is 10.2. The molecule has 1 aromatic carbocycles. The van der Waals surface area contributed by atoms with E-state index in [1.54, 1.807) is 7.11 Å². The molecule has 3 nitrogen and oxygen atoms in total. The highest BCUT2D eigenvalue weighted by Crippen LogP contribution is 2.22. The van der Waals surface area contributed by atoms with Gasteiger partial charge in [0.15, 0.2) is 0 Å². The molecule has 3 heteroatoms. The molecule has 0 bridgehead atoms. The molecule has 1 unspecified atom stereocenters. The normalized spacial score (nSPS) is 12.6. The molecule has 0 heterocycles. The van der Waals surface area contributed by atoms with Crippen LogP contribution in [0.25, 0.3) is 0 Å². The van der Waals surface area contributed by atoms with E-state index in [0.717, 1.165) is 44.9 Å². The van der Waals surface area contributed by atoms with Crippen LogP contribution in [0.15, 0.2) is 24.3 Å². The Labute approximate surface area is 130 Å². The van der Waals surface area contributed by atoms with Gasteiger partial charge in [-0.15, -0.1) is 0 Å². The average Bonchev–Trinajstić information content (AvgIpc) is 2.47. The average molecular weight is 293 g/mol. The molecule has 0 spiro atoms. The third-order valence-corrected chi connectivity index (χ3v) is 3.56. The number of benzene rings is 1. The lowest BCUT2D eigenvalue weighted by molar-refractivity contribution is 0.131. The number of hydrogen-bond donors (Lipinski definition) is 1. The maximum absolute atomic E-state index is 5.53. The van der Waals surface area contributed by atoms with Crippen LogP contribution in [-0.2, 0) is 11.2 Å². The third kappa shape index (κ3) is 7.49. The predicted octanol–water partition coefficient (Wildman–Crippen LogP) is 3.53. The van der Waals surface area contributed by atoms with Crippen LogP contribution in [0.2, 0.25) is 0 Å². The van der Waals surface area contributed by atoms with E-state index < -0.39 is 0 Å². The van der Waals surface area contributed by atoms with Crippen LogP contribution in [0, 0.1) is 11.8 Å². The lowest BCUT2D eigenvalue weighted by atomic mass is 9.95. The van der Waals surface area contributed by atoms with Crippen LogP contribution in [0.3, 0.4) is 0 Å². The van der Waals surface area contributed by atoms with Crippen molar-refractivity contribution in [3.8, 4) is 5.75 Å². The second kappa shape index (κ2) is 10.6. The molecule has 0 aliphatic rings. The highest BCUT2D eigenvalue weighted by molar-refractivity contribution is 5.33. The molecule has 0 aliphatic carbocycles. The summed E-state index contributed by atoms with van der Waals surface area (Å²) in [6.07, 6.45) is 2.11. The van der Waals surface area contributed by atoms with Gasteiger partial charge in [-0.2, -0.15) is 0 Å². The van der Waals surface area contributed by atoms with E-state index in [9.17, 15) is 0 Å². The van der Waals surface area contributed by atoms with E-state index in [0.29, 0.717) is 11.8 Å². The maximum atomic E-state index is 5.53. The lowest BCUT2D eigenvalue weighted by Crippen LogP contribution is -2.28. The molecule has 1 rings (SSSR count). The Hall–Kier alpha value is -1.06. The summed E-state index contributed by atoms with van der Waals surface area (Å²) >= 11 is 0. The molecule has 1 N–H and O–H groups in total. The zero-order chi connectivity index (χ0) is 15.5. The van der Waals surface area contributed by atoms with Crippen LogP contribution in [0.4, 0.5) is 0 Å². The minimum absolute atomic E-state index is 0.576. The van der Waals surface area contributed by atoms with Crippen molar-refractivity contribution in [2.24, 2.45) is 11.8 Å². The maximum Gasteiger partial charge on any atom is 0.122 e. The fourth-order valence-corrected chi connectivity index (χ4v) is 2.43. The number of hydrogen-bond acceptors (Lipinski definition) is 3. The summed E-state index contributed by atoms with van der Waals surface area (Å²) < 4.78 is 11.0. The first-order valence-corrected chi connectivity index (χ1v) is 8.07. The predicted molar refractivity (Wildman–Crippen MR) is 89.0 cm³/mol. The topological polar surface area (TPSA) is 30.5 Å². The van der Waals surface area contributed by atoms with Crippen molar-refractivity contribution in [1.29, 1.82) is 0 Å². The zero-order valence-electron chi connectivity index (χ0n) is 14.0. The number of nitrogens with one attached hydrogen (secondary N) is 1. The summed E-state index contributed by atoms with van der Waals surface area (Å²) in [6, 6.07) is 8.30. The van der Waals surface area contributed by atoms with Crippen molar-refractivity contribution in [1.82, 2.24) is 5.32 Å². The van der Waals surface area contributed by atoms with E-state index in [2.05, 4.69) is 31.3 Å². The van der Waals surface area contributed by atoms with Crippen molar-refractivity contribution >= 4 is 0 Å². The first-order valence-electron chi connectivity index (χ1n) is 8.07. The molecular weight excluding hydrogens is 262 g/mol. The van der Waals surface area contributed by atoms with Gasteiger partial charge in [0.25, 0.3) is 0 Å². The fraction of sp³-hybridized carbons (Fsp3) is 0.667. The quantitative estimate of drug-likeness (QED) is 0.633. The summed E-state index contributed by atoms with van der Waals surface area (Å²) in [5, 5.41) is 3.57. The van der Waals surface area contributed by atoms with E-state index in [1.807, 2.05) is 19.1 Å². The van der Waals surface area contributed by atoms with Crippen molar-refractivity contribution in [3.05, 3.63) is 29.8 Å². The Kier molecular flexibility index (Phi) is 9.11. The van der Waals surface area contributed by atoms with Gasteiger partial charge in [-0.3, -0.25) is 0 Å². The van der Waals surface area contributed by atoms with Crippen molar-refractivity contribution in [2.45, 2.75) is 33.6 Å². The van der Waals surface area contributed by atoms with Crippen LogP contribution < -0.4 is 10.1 Å². The van der Waals surface area contributed by atoms with Gasteiger partial charge in [0.05, 0.1) is 7.11 Å². The van der Waals surface area contributed by atoms with Crippen molar-refractivity contribution in [3.63, 3.8) is 0 Å². The molecule has 0 radical (unpaired) electrons. The second-order valence-electron chi connectivity index (χ2n) is 5.92. The standard InChI is InChI=1S/C18H31NO2/c1-5-21-11-10-16(14-19-13-15(2)3)12-17-8-6-7-9-18(17)20-4/h6-9,15-16,19H,5,10-14H2,1-4H3. The summed E-state index contributed by atoms with van der Waals surface area (Å²) in [6.45, 7) is 10.2. The Balaban J connectivity index is 2.57. The molecule has 0 fully saturated rings. The van der Waals surface area contributed by atoms with Gasteiger partial charge in [-0.1, -0.05) is 32.0 Å². The van der Waals surface area contributed by atoms with Crippen molar-refractivity contribution in [2.75, 3.05) is 33.4 Å². The van der Waals surface area contributed by atoms with Crippen LogP contribution in [0.1, 0.15) is 32.8 Å². The Morgan fingerprint density at radius 1 is 1.14 bits per heavy atom. The van der Waals surface area contributed by atoms with Crippen LogP contribution in [0.5, 0.6) is 5.75 Å². The molecule has 0 amide bonds. The van der Waals surface area contributed by atoms with Crippen molar-refractivity contribution < 1.29 is 9.47 Å². The number of para-hydroxylation sites is 1. The zero-order valence-corrected chi connectivity index (χ0v) is 14.0. The van der Waals surface area contributed by atoms with Crippen LogP contribution >= 0.6 is 0 Å². The van der Waals surface area contributed by atoms with Gasteiger partial charge in [-0.25, -0.2) is 0 Å². The number of ether oxygens (including phenoxy) is 2. The van der Waals surface area contributed by atoms with E-state index in [-0.39, 0.29) is 0 Å². The van der Waals surface area contributed by atoms with Gasteiger partial charge in [0.1, 0.15) is 5.75 Å². The summed E-state index contributed by atoms with van der Waals surface area (Å²) in [5.41, 5.74) is 1.29. The third-order valence-electron chi connectivity index (χ3n) is 3.56. The van der Waals surface area contributed by atoms with Gasteiger partial charge in [-0.05, 0) is 56.3 Å². The minimum atomic E-state index is 0.576. The largest absolute Gasteiger partial charge is 0.496 e. The molecular formula is C18H31NO2. The smallest absolute Gasteiger partial charge is 0.122 e. The molecule has 1 atom stereocenters. The lowest BCUT2D eigenvalue weighted by Gasteiger charge is -2.20. The van der Waals surface area contributed by atoms with E-state index in [1.165, 1.54) is 5.56 Å². The molecule has 1 aromatic rings. The second-order valence-corrected chi connectivity index (χ2v) is 5.92. The highest BCUT2D eigenvalue weighted by atomic mass is 16.5. The fourth-order valence-electron chi connectivity index (χ4n) is 2.43. The molecule has 0 saturated heterocycles. The summed E-state index contributed by atoms with van der Waals surface area (Å²) in [5.74, 6) is 2.25. The molecule has 120 valence electrons. The van der Waals surface area contributed by atoms with E-state index >= 15 is 0 Å². The number of rotatable bonds is 11. The Morgan fingerprint density at radius 3 is 2.57 bits per heavy atom. The summed E-state index contributed by atoms with van der Waals surface area (Å²) in [7, 11) is 1.74. The molecule has 0 aromatic heterocycles. The van der Waals surface area contributed by atoms with E-state index in [4.69, 9.17) is 9.47 Å². The van der Waals surface area contributed by atoms with Crippen LogP contribution in [-0.4, -0.2) is 33.4 Å². The highest BCUT2D eigenvalue weighted by Gasteiger charge is 2.12. The van der Waals surface area contributed by atoms with Gasteiger partial charge in [0, 0.05) is 13.2 Å². The minimum Gasteiger partial charge on any atom is -0.496 e. The SMILES string of the molecule is CCOCCC(CNCC(C)C)Cc1ccccc1OC. The Morgan fingerprint density at radius 2 is 1.90 bits per heavy atom. The molecule has 0 saturated carbocycles. The molecule has 21 heavy (non-hydrogen) atoms. The first kappa shape index (κ1) is 18.0. The summed E-state index contributed by atoms with van der Waals surface area (Å²) in [4.78, 5) is 0. The monoisotopic (exact) mass is 293 g/mol.